The smallest absolute Gasteiger partial charge is 0.255 e. The number of fused-ring (bicyclic) bond motifs is 1. The Balaban J connectivity index is 1.83. The first kappa shape index (κ1) is 18.9. The summed E-state index contributed by atoms with van der Waals surface area (Å²) in [4.78, 5) is 44.4. The first-order valence-electron chi connectivity index (χ1n) is 9.91. The van der Waals surface area contributed by atoms with Gasteiger partial charge >= 0.3 is 0 Å². The number of nitrogens with zero attached hydrogens (tertiary/aromatic N) is 3. The van der Waals surface area contributed by atoms with E-state index in [9.17, 15) is 14.4 Å². The van der Waals surface area contributed by atoms with Gasteiger partial charge < -0.3 is 19.4 Å². The van der Waals surface area contributed by atoms with Crippen LogP contribution in [0, 0.1) is 0 Å². The molecule has 150 valence electrons. The third-order valence-corrected chi connectivity index (χ3v) is 6.20. The van der Waals surface area contributed by atoms with Crippen molar-refractivity contribution in [2.75, 3.05) is 39.4 Å². The number of hydrogen-bond acceptors (Lipinski definition) is 4. The van der Waals surface area contributed by atoms with Crippen LogP contribution in [0.15, 0.2) is 24.3 Å². The van der Waals surface area contributed by atoms with E-state index in [0.717, 1.165) is 5.56 Å². The summed E-state index contributed by atoms with van der Waals surface area (Å²) in [6, 6.07) is 7.35. The number of ether oxygens (including phenoxy) is 1. The van der Waals surface area contributed by atoms with E-state index in [4.69, 9.17) is 4.74 Å². The summed E-state index contributed by atoms with van der Waals surface area (Å²) >= 11 is 0. The Morgan fingerprint density at radius 1 is 1.11 bits per heavy atom. The molecule has 1 aromatic carbocycles. The van der Waals surface area contributed by atoms with E-state index in [0.29, 0.717) is 45.0 Å². The van der Waals surface area contributed by atoms with Gasteiger partial charge in [-0.25, -0.2) is 0 Å². The Morgan fingerprint density at radius 3 is 2.36 bits per heavy atom. The van der Waals surface area contributed by atoms with Gasteiger partial charge in [0.2, 0.25) is 11.8 Å². The van der Waals surface area contributed by atoms with Gasteiger partial charge in [0.25, 0.3) is 5.91 Å². The summed E-state index contributed by atoms with van der Waals surface area (Å²) in [7, 11) is 0. The van der Waals surface area contributed by atoms with E-state index < -0.39 is 11.5 Å². The fourth-order valence-corrected chi connectivity index (χ4v) is 4.95. The van der Waals surface area contributed by atoms with E-state index in [2.05, 4.69) is 0 Å². The number of carbonyl (C=O) groups is 3. The fourth-order valence-electron chi connectivity index (χ4n) is 4.95. The standard InChI is InChI=1S/C21H27N3O4/c1-14(2)24-19(26)17-7-5-4-6-16(17)18(20(27)22-8-10-28-11-9-22)21(24)12-23(13-21)15(3)25/h4-7,14,18H,8-13H2,1-3H3. The number of amides is 3. The third-order valence-electron chi connectivity index (χ3n) is 6.20. The molecule has 0 aliphatic carbocycles. The lowest BCUT2D eigenvalue weighted by atomic mass is 9.67. The number of morpholine rings is 1. The van der Waals surface area contributed by atoms with Crippen molar-refractivity contribution in [2.45, 2.75) is 38.3 Å². The van der Waals surface area contributed by atoms with E-state index in [1.54, 1.807) is 11.0 Å². The van der Waals surface area contributed by atoms with Crippen LogP contribution in [0.4, 0.5) is 0 Å². The Kier molecular flexibility index (Phi) is 4.65. The molecule has 3 aliphatic heterocycles. The highest BCUT2D eigenvalue weighted by Crippen LogP contribution is 2.48. The molecule has 0 aromatic heterocycles. The van der Waals surface area contributed by atoms with Gasteiger partial charge in [0, 0.05) is 44.7 Å². The minimum atomic E-state index is -0.694. The van der Waals surface area contributed by atoms with Crippen molar-refractivity contribution in [3.63, 3.8) is 0 Å². The van der Waals surface area contributed by atoms with Crippen molar-refractivity contribution in [1.82, 2.24) is 14.7 Å². The zero-order chi connectivity index (χ0) is 20.1. The molecular weight excluding hydrogens is 358 g/mol. The van der Waals surface area contributed by atoms with Gasteiger partial charge in [-0.2, -0.15) is 0 Å². The van der Waals surface area contributed by atoms with Crippen LogP contribution >= 0.6 is 0 Å². The Hall–Kier alpha value is -2.41. The normalized spacial score (nSPS) is 23.6. The van der Waals surface area contributed by atoms with Crippen molar-refractivity contribution in [3.05, 3.63) is 35.4 Å². The van der Waals surface area contributed by atoms with Gasteiger partial charge in [-0.15, -0.1) is 0 Å². The van der Waals surface area contributed by atoms with Crippen LogP contribution in [0.1, 0.15) is 42.6 Å². The molecule has 3 aliphatic rings. The molecule has 0 N–H and O–H groups in total. The number of benzene rings is 1. The van der Waals surface area contributed by atoms with Gasteiger partial charge in [0.05, 0.1) is 24.7 Å². The minimum absolute atomic E-state index is 0.0251. The minimum Gasteiger partial charge on any atom is -0.378 e. The average Bonchev–Trinajstić information content (AvgIpc) is 2.65. The Labute approximate surface area is 165 Å². The predicted octanol–water partition coefficient (Wildman–Crippen LogP) is 1.09. The molecule has 2 fully saturated rings. The molecule has 28 heavy (non-hydrogen) atoms. The largest absolute Gasteiger partial charge is 0.378 e. The monoisotopic (exact) mass is 385 g/mol. The second-order valence-electron chi connectivity index (χ2n) is 8.21. The van der Waals surface area contributed by atoms with Crippen LogP contribution in [0.2, 0.25) is 0 Å². The molecule has 2 saturated heterocycles. The van der Waals surface area contributed by atoms with Gasteiger partial charge in [-0.05, 0) is 25.5 Å². The lowest BCUT2D eigenvalue weighted by Gasteiger charge is -2.62. The van der Waals surface area contributed by atoms with Crippen LogP contribution in [0.3, 0.4) is 0 Å². The van der Waals surface area contributed by atoms with E-state index in [1.807, 2.05) is 41.8 Å². The molecule has 7 nitrogen and oxygen atoms in total. The topological polar surface area (TPSA) is 70.2 Å². The fraction of sp³-hybridized carbons (Fsp3) is 0.571. The van der Waals surface area contributed by atoms with Gasteiger partial charge in [0.1, 0.15) is 0 Å². The average molecular weight is 385 g/mol. The maximum Gasteiger partial charge on any atom is 0.255 e. The molecule has 3 heterocycles. The molecule has 3 amide bonds. The summed E-state index contributed by atoms with van der Waals surface area (Å²) in [5, 5.41) is 0. The third kappa shape index (κ3) is 2.71. The summed E-state index contributed by atoms with van der Waals surface area (Å²) in [6.45, 7) is 8.42. The van der Waals surface area contributed by atoms with Crippen molar-refractivity contribution >= 4 is 17.7 Å². The maximum atomic E-state index is 13.7. The van der Waals surface area contributed by atoms with E-state index in [-0.39, 0.29) is 23.8 Å². The van der Waals surface area contributed by atoms with Crippen LogP contribution in [-0.4, -0.2) is 83.4 Å². The van der Waals surface area contributed by atoms with Crippen molar-refractivity contribution in [1.29, 1.82) is 0 Å². The highest BCUT2D eigenvalue weighted by Gasteiger charge is 2.62. The van der Waals surface area contributed by atoms with Gasteiger partial charge in [0.15, 0.2) is 0 Å². The van der Waals surface area contributed by atoms with Gasteiger partial charge in [-0.3, -0.25) is 14.4 Å². The maximum absolute atomic E-state index is 13.7. The number of likely N-dealkylation sites (tertiary alicyclic amines) is 1. The van der Waals surface area contributed by atoms with Crippen LogP contribution in [-0.2, 0) is 14.3 Å². The molecule has 1 spiro atoms. The van der Waals surface area contributed by atoms with Gasteiger partial charge in [-0.1, -0.05) is 18.2 Å². The van der Waals surface area contributed by atoms with Crippen molar-refractivity contribution in [3.8, 4) is 0 Å². The molecule has 1 unspecified atom stereocenters. The highest BCUT2D eigenvalue weighted by molar-refractivity contribution is 6.02. The number of carbonyl (C=O) groups excluding carboxylic acids is 3. The molecule has 0 saturated carbocycles. The summed E-state index contributed by atoms with van der Waals surface area (Å²) < 4.78 is 5.41. The first-order valence-corrected chi connectivity index (χ1v) is 9.91. The van der Waals surface area contributed by atoms with E-state index >= 15 is 0 Å². The number of rotatable bonds is 2. The molecule has 0 bridgehead atoms. The lowest BCUT2D eigenvalue weighted by molar-refractivity contribution is -0.157. The SMILES string of the molecule is CC(=O)N1CC2(C1)C(C(=O)N1CCOCC1)c1ccccc1C(=O)N2C(C)C. The second kappa shape index (κ2) is 6.88. The Bertz CT molecular complexity index is 810. The molecule has 1 atom stereocenters. The quantitative estimate of drug-likeness (QED) is 0.764. The predicted molar refractivity (Wildman–Crippen MR) is 103 cm³/mol. The van der Waals surface area contributed by atoms with E-state index in [1.165, 1.54) is 6.92 Å². The lowest BCUT2D eigenvalue weighted by Crippen LogP contribution is -2.78. The molecule has 4 rings (SSSR count). The molecule has 0 radical (unpaired) electrons. The first-order chi connectivity index (χ1) is 13.4. The van der Waals surface area contributed by atoms with Crippen molar-refractivity contribution in [2.24, 2.45) is 0 Å². The van der Waals surface area contributed by atoms with Crippen LogP contribution in [0.5, 0.6) is 0 Å². The number of hydrogen-bond donors (Lipinski definition) is 0. The van der Waals surface area contributed by atoms with Crippen LogP contribution in [0.25, 0.3) is 0 Å². The second-order valence-corrected chi connectivity index (χ2v) is 8.21. The molecule has 1 aromatic rings. The summed E-state index contributed by atoms with van der Waals surface area (Å²) in [5.41, 5.74) is 0.680. The highest BCUT2D eigenvalue weighted by atomic mass is 16.5. The zero-order valence-electron chi connectivity index (χ0n) is 16.7. The molecule has 7 heteroatoms. The Morgan fingerprint density at radius 2 is 1.75 bits per heavy atom. The molecular formula is C21H27N3O4. The van der Waals surface area contributed by atoms with Crippen LogP contribution < -0.4 is 0 Å². The zero-order valence-corrected chi connectivity index (χ0v) is 16.7. The van der Waals surface area contributed by atoms with Crippen molar-refractivity contribution < 1.29 is 19.1 Å². The summed E-state index contributed by atoms with van der Waals surface area (Å²) in [6.07, 6.45) is 0. The summed E-state index contributed by atoms with van der Waals surface area (Å²) in [5.74, 6) is -0.535.